The van der Waals surface area contributed by atoms with Crippen LogP contribution in [-0.4, -0.2) is 29.9 Å². The van der Waals surface area contributed by atoms with Gasteiger partial charge in [-0.25, -0.2) is 4.39 Å². The summed E-state index contributed by atoms with van der Waals surface area (Å²) in [5, 5.41) is 0. The van der Waals surface area contributed by atoms with Crippen molar-refractivity contribution in [3.8, 4) is 0 Å². The predicted octanol–water partition coefficient (Wildman–Crippen LogP) is 3.77. The molecule has 0 N–H and O–H groups in total. The maximum atomic E-state index is 13.1. The van der Waals surface area contributed by atoms with Crippen LogP contribution in [0.4, 0.5) is 10.1 Å². The third-order valence-corrected chi connectivity index (χ3v) is 5.11. The summed E-state index contributed by atoms with van der Waals surface area (Å²) in [5.74, 6) is -0.0520. The van der Waals surface area contributed by atoms with Gasteiger partial charge in [0.2, 0.25) is 5.91 Å². The zero-order valence-corrected chi connectivity index (χ0v) is 14.3. The molecule has 1 heterocycles. The molecule has 2 aliphatic rings. The van der Waals surface area contributed by atoms with E-state index >= 15 is 0 Å². The summed E-state index contributed by atoms with van der Waals surface area (Å²) >= 11 is 0. The minimum Gasteiger partial charge on any atom is -0.311 e. The molecule has 0 radical (unpaired) electrons. The number of rotatable bonds is 5. The first-order chi connectivity index (χ1) is 12.2. The number of amides is 1. The second-order valence-corrected chi connectivity index (χ2v) is 7.04. The number of para-hydroxylation sites is 1. The van der Waals surface area contributed by atoms with E-state index in [4.69, 9.17) is 0 Å². The molecule has 0 unspecified atom stereocenters. The average Bonchev–Trinajstić information content (AvgIpc) is 3.47. The third-order valence-electron chi connectivity index (χ3n) is 5.11. The lowest BCUT2D eigenvalue weighted by Gasteiger charge is -2.32. The van der Waals surface area contributed by atoms with E-state index in [0.29, 0.717) is 19.1 Å². The highest BCUT2D eigenvalue weighted by molar-refractivity contribution is 5.96. The summed E-state index contributed by atoms with van der Waals surface area (Å²) < 4.78 is 13.1. The van der Waals surface area contributed by atoms with E-state index in [1.54, 1.807) is 0 Å². The summed E-state index contributed by atoms with van der Waals surface area (Å²) in [5.41, 5.74) is 3.38. The van der Waals surface area contributed by atoms with Crippen LogP contribution in [0.5, 0.6) is 0 Å². The van der Waals surface area contributed by atoms with Crippen molar-refractivity contribution in [2.75, 3.05) is 18.0 Å². The Morgan fingerprint density at radius 3 is 2.64 bits per heavy atom. The Kier molecular flexibility index (Phi) is 4.53. The van der Waals surface area contributed by atoms with Crippen molar-refractivity contribution in [2.24, 2.45) is 0 Å². The molecular weight excluding hydrogens is 315 g/mol. The number of anilines is 1. The summed E-state index contributed by atoms with van der Waals surface area (Å²) in [6.45, 7) is 1.92. The number of carbonyl (C=O) groups excluding carboxylic acids is 1. The van der Waals surface area contributed by atoms with Crippen LogP contribution in [0, 0.1) is 5.82 Å². The largest absolute Gasteiger partial charge is 0.311 e. The first-order valence-electron chi connectivity index (χ1n) is 9.07. The number of halogens is 1. The van der Waals surface area contributed by atoms with Gasteiger partial charge in [0, 0.05) is 24.8 Å². The molecule has 1 aliphatic heterocycles. The number of hydrogen-bond donors (Lipinski definition) is 0. The molecule has 1 amide bonds. The quantitative estimate of drug-likeness (QED) is 0.828. The average molecular weight is 338 g/mol. The molecule has 0 spiro atoms. The first kappa shape index (κ1) is 16.3. The highest BCUT2D eigenvalue weighted by Crippen LogP contribution is 2.30. The van der Waals surface area contributed by atoms with E-state index in [9.17, 15) is 9.18 Å². The number of hydrogen-bond acceptors (Lipinski definition) is 2. The molecule has 2 aromatic carbocycles. The van der Waals surface area contributed by atoms with Crippen LogP contribution < -0.4 is 4.90 Å². The monoisotopic (exact) mass is 338 g/mol. The fourth-order valence-corrected chi connectivity index (χ4v) is 3.63. The summed E-state index contributed by atoms with van der Waals surface area (Å²) in [7, 11) is 0. The zero-order chi connectivity index (χ0) is 17.2. The molecule has 1 saturated carbocycles. The van der Waals surface area contributed by atoms with Crippen LogP contribution in [-0.2, 0) is 17.8 Å². The SMILES string of the molecule is O=C(CN(Cc1ccc(F)cc1)C1CC1)N1CCCc2ccccc21. The van der Waals surface area contributed by atoms with Gasteiger partial charge in [-0.3, -0.25) is 9.69 Å². The van der Waals surface area contributed by atoms with Crippen molar-refractivity contribution in [3.63, 3.8) is 0 Å². The third kappa shape index (κ3) is 3.74. The van der Waals surface area contributed by atoms with Crippen molar-refractivity contribution in [3.05, 3.63) is 65.5 Å². The second kappa shape index (κ2) is 6.96. The Morgan fingerprint density at radius 1 is 1.12 bits per heavy atom. The number of benzene rings is 2. The summed E-state index contributed by atoms with van der Waals surface area (Å²) in [6.07, 6.45) is 4.35. The molecule has 25 heavy (non-hydrogen) atoms. The highest BCUT2D eigenvalue weighted by atomic mass is 19.1. The minimum atomic E-state index is -0.220. The normalized spacial score (nSPS) is 16.8. The Hall–Kier alpha value is -2.20. The van der Waals surface area contributed by atoms with Gasteiger partial charge < -0.3 is 4.90 Å². The standard InChI is InChI=1S/C21H23FN2O/c22-18-9-7-16(8-10-18)14-23(19-11-12-19)15-21(25)24-13-3-5-17-4-1-2-6-20(17)24/h1-2,4,6-10,19H,3,5,11-15H2. The van der Waals surface area contributed by atoms with Crippen LogP contribution in [0.25, 0.3) is 0 Å². The van der Waals surface area contributed by atoms with Crippen molar-refractivity contribution < 1.29 is 9.18 Å². The molecule has 1 aliphatic carbocycles. The van der Waals surface area contributed by atoms with Gasteiger partial charge in [-0.2, -0.15) is 0 Å². The molecule has 3 nitrogen and oxygen atoms in total. The number of carbonyl (C=O) groups is 1. The predicted molar refractivity (Wildman–Crippen MR) is 96.9 cm³/mol. The fraction of sp³-hybridized carbons (Fsp3) is 0.381. The Bertz CT molecular complexity index is 755. The van der Waals surface area contributed by atoms with Gasteiger partial charge in [-0.15, -0.1) is 0 Å². The Labute approximate surface area is 148 Å². The lowest BCUT2D eigenvalue weighted by molar-refractivity contribution is -0.120. The second-order valence-electron chi connectivity index (χ2n) is 7.04. The Balaban J connectivity index is 1.47. The number of fused-ring (bicyclic) bond motifs is 1. The van der Waals surface area contributed by atoms with Gasteiger partial charge in [0.25, 0.3) is 0 Å². The fourth-order valence-electron chi connectivity index (χ4n) is 3.63. The van der Waals surface area contributed by atoms with Gasteiger partial charge in [0.1, 0.15) is 5.82 Å². The van der Waals surface area contributed by atoms with E-state index < -0.39 is 0 Å². The van der Waals surface area contributed by atoms with Crippen LogP contribution >= 0.6 is 0 Å². The van der Waals surface area contributed by atoms with E-state index in [-0.39, 0.29) is 11.7 Å². The molecule has 130 valence electrons. The van der Waals surface area contributed by atoms with Crippen molar-refractivity contribution in [1.29, 1.82) is 0 Å². The molecule has 0 aromatic heterocycles. The van der Waals surface area contributed by atoms with Gasteiger partial charge in [-0.05, 0) is 55.0 Å². The molecular formula is C21H23FN2O. The zero-order valence-electron chi connectivity index (χ0n) is 14.3. The van der Waals surface area contributed by atoms with Gasteiger partial charge in [-0.1, -0.05) is 30.3 Å². The van der Waals surface area contributed by atoms with Crippen LogP contribution in [0.2, 0.25) is 0 Å². The van der Waals surface area contributed by atoms with E-state index in [1.165, 1.54) is 17.7 Å². The molecule has 0 saturated heterocycles. The number of nitrogens with zero attached hydrogens (tertiary/aromatic N) is 2. The lowest BCUT2D eigenvalue weighted by atomic mass is 10.0. The Morgan fingerprint density at radius 2 is 1.88 bits per heavy atom. The highest BCUT2D eigenvalue weighted by Gasteiger charge is 2.32. The van der Waals surface area contributed by atoms with E-state index in [0.717, 1.165) is 43.5 Å². The summed E-state index contributed by atoms with van der Waals surface area (Å²) in [4.78, 5) is 17.2. The van der Waals surface area contributed by atoms with Crippen molar-refractivity contribution >= 4 is 11.6 Å². The molecule has 4 rings (SSSR count). The first-order valence-corrected chi connectivity index (χ1v) is 9.07. The smallest absolute Gasteiger partial charge is 0.241 e. The molecule has 0 bridgehead atoms. The number of aryl methyl sites for hydroxylation is 1. The van der Waals surface area contributed by atoms with E-state index in [2.05, 4.69) is 11.0 Å². The summed E-state index contributed by atoms with van der Waals surface area (Å²) in [6, 6.07) is 15.3. The van der Waals surface area contributed by atoms with Gasteiger partial charge >= 0.3 is 0 Å². The lowest BCUT2D eigenvalue weighted by Crippen LogP contribution is -2.43. The van der Waals surface area contributed by atoms with Crippen molar-refractivity contribution in [1.82, 2.24) is 4.90 Å². The molecule has 4 heteroatoms. The minimum absolute atomic E-state index is 0.168. The van der Waals surface area contributed by atoms with E-state index in [1.807, 2.05) is 35.2 Å². The maximum absolute atomic E-state index is 13.1. The molecule has 1 fully saturated rings. The maximum Gasteiger partial charge on any atom is 0.241 e. The molecule has 2 aromatic rings. The van der Waals surface area contributed by atoms with Gasteiger partial charge in [0.05, 0.1) is 6.54 Å². The molecule has 0 atom stereocenters. The van der Waals surface area contributed by atoms with Crippen LogP contribution in [0.3, 0.4) is 0 Å². The van der Waals surface area contributed by atoms with Gasteiger partial charge in [0.15, 0.2) is 0 Å². The van der Waals surface area contributed by atoms with Crippen LogP contribution in [0.1, 0.15) is 30.4 Å². The topological polar surface area (TPSA) is 23.6 Å². The van der Waals surface area contributed by atoms with Crippen LogP contribution in [0.15, 0.2) is 48.5 Å². The van der Waals surface area contributed by atoms with Crippen molar-refractivity contribution in [2.45, 2.75) is 38.3 Å².